The molecule has 0 aromatic rings. The predicted octanol–water partition coefficient (Wildman–Crippen LogP) is 2.18. The van der Waals surface area contributed by atoms with E-state index in [1.807, 2.05) is 0 Å². The molecular weight excluding hydrogens is 146 g/mol. The molecule has 68 valence electrons. The summed E-state index contributed by atoms with van der Waals surface area (Å²) in [5.74, 6) is 3.55. The Morgan fingerprint density at radius 2 is 2.33 bits per heavy atom. The van der Waals surface area contributed by atoms with Gasteiger partial charge >= 0.3 is 0 Å². The maximum atomic E-state index is 5.28. The van der Waals surface area contributed by atoms with Gasteiger partial charge in [0.15, 0.2) is 0 Å². The van der Waals surface area contributed by atoms with Crippen LogP contribution in [0.4, 0.5) is 0 Å². The molecule has 1 N–H and O–H groups in total. The van der Waals surface area contributed by atoms with Gasteiger partial charge in [-0.15, -0.1) is 12.3 Å². The lowest BCUT2D eigenvalue weighted by Gasteiger charge is -2.10. The van der Waals surface area contributed by atoms with E-state index in [2.05, 4.69) is 18.2 Å². The molecule has 1 fully saturated rings. The third-order valence-corrected chi connectivity index (χ3v) is 2.63. The topological polar surface area (TPSA) is 12.0 Å². The number of hydrogen-bond acceptors (Lipinski definition) is 1. The smallest absolute Gasteiger partial charge is 0.0115 e. The molecule has 0 saturated heterocycles. The lowest BCUT2D eigenvalue weighted by molar-refractivity contribution is 0.491. The van der Waals surface area contributed by atoms with Crippen LogP contribution in [0.1, 0.15) is 39.0 Å². The van der Waals surface area contributed by atoms with Crippen molar-refractivity contribution in [3.8, 4) is 12.3 Å². The SMILES string of the molecule is C#CCC1CCC(NCCC)C1. The van der Waals surface area contributed by atoms with Crippen molar-refractivity contribution in [3.05, 3.63) is 0 Å². The Balaban J connectivity index is 2.13. The molecule has 0 bridgehead atoms. The third-order valence-electron chi connectivity index (χ3n) is 2.63. The average Bonchev–Trinajstić information content (AvgIpc) is 2.50. The highest BCUT2D eigenvalue weighted by Gasteiger charge is 2.22. The molecule has 1 aliphatic carbocycles. The van der Waals surface area contributed by atoms with Gasteiger partial charge in [-0.25, -0.2) is 0 Å². The van der Waals surface area contributed by atoms with E-state index in [9.17, 15) is 0 Å². The van der Waals surface area contributed by atoms with Crippen molar-refractivity contribution < 1.29 is 0 Å². The average molecular weight is 165 g/mol. The van der Waals surface area contributed by atoms with Gasteiger partial charge in [-0.3, -0.25) is 0 Å². The van der Waals surface area contributed by atoms with Crippen molar-refractivity contribution in [2.24, 2.45) is 5.92 Å². The highest BCUT2D eigenvalue weighted by molar-refractivity contribution is 4.91. The zero-order valence-corrected chi connectivity index (χ0v) is 7.97. The highest BCUT2D eigenvalue weighted by atomic mass is 14.9. The second-order valence-electron chi connectivity index (χ2n) is 3.74. The molecule has 2 unspecified atom stereocenters. The van der Waals surface area contributed by atoms with Crippen molar-refractivity contribution in [3.63, 3.8) is 0 Å². The van der Waals surface area contributed by atoms with Crippen molar-refractivity contribution >= 4 is 0 Å². The van der Waals surface area contributed by atoms with E-state index in [0.717, 1.165) is 24.9 Å². The van der Waals surface area contributed by atoms with E-state index < -0.39 is 0 Å². The number of terminal acetylenes is 1. The fourth-order valence-electron chi connectivity index (χ4n) is 1.96. The Hall–Kier alpha value is -0.480. The lowest BCUT2D eigenvalue weighted by atomic mass is 10.0. The minimum Gasteiger partial charge on any atom is -0.314 e. The Bertz CT molecular complexity index is 157. The van der Waals surface area contributed by atoms with E-state index in [1.54, 1.807) is 0 Å². The molecule has 12 heavy (non-hydrogen) atoms. The van der Waals surface area contributed by atoms with Crippen LogP contribution in [0.15, 0.2) is 0 Å². The monoisotopic (exact) mass is 165 g/mol. The summed E-state index contributed by atoms with van der Waals surface area (Å²) in [4.78, 5) is 0. The summed E-state index contributed by atoms with van der Waals surface area (Å²) in [7, 11) is 0. The van der Waals surface area contributed by atoms with Crippen molar-refractivity contribution in [1.29, 1.82) is 0 Å². The molecule has 0 aliphatic heterocycles. The Kier molecular flexibility index (Phi) is 4.18. The minimum atomic E-state index is 0.753. The molecule has 1 rings (SSSR count). The molecule has 0 aromatic carbocycles. The predicted molar refractivity (Wildman–Crippen MR) is 52.9 cm³/mol. The molecule has 0 spiro atoms. The largest absolute Gasteiger partial charge is 0.314 e. The molecular formula is C11H19N. The van der Waals surface area contributed by atoms with Crippen LogP contribution in [0.25, 0.3) is 0 Å². The first-order valence-electron chi connectivity index (χ1n) is 5.03. The Labute approximate surface area is 75.9 Å². The van der Waals surface area contributed by atoms with Crippen LogP contribution in [0.5, 0.6) is 0 Å². The fraction of sp³-hybridized carbons (Fsp3) is 0.818. The van der Waals surface area contributed by atoms with E-state index in [4.69, 9.17) is 6.42 Å². The van der Waals surface area contributed by atoms with Gasteiger partial charge in [-0.2, -0.15) is 0 Å². The summed E-state index contributed by atoms with van der Waals surface area (Å²) < 4.78 is 0. The van der Waals surface area contributed by atoms with E-state index in [0.29, 0.717) is 0 Å². The van der Waals surface area contributed by atoms with Crippen LogP contribution in [0, 0.1) is 18.3 Å². The quantitative estimate of drug-likeness (QED) is 0.630. The summed E-state index contributed by atoms with van der Waals surface area (Å²) in [6.45, 7) is 3.37. The van der Waals surface area contributed by atoms with Gasteiger partial charge in [0, 0.05) is 12.5 Å². The molecule has 1 heteroatoms. The van der Waals surface area contributed by atoms with Gasteiger partial charge in [0.05, 0.1) is 0 Å². The zero-order valence-electron chi connectivity index (χ0n) is 7.97. The van der Waals surface area contributed by atoms with E-state index in [1.165, 1.54) is 25.7 Å². The van der Waals surface area contributed by atoms with Crippen molar-refractivity contribution in [2.75, 3.05) is 6.54 Å². The summed E-state index contributed by atoms with van der Waals surface area (Å²) in [6.07, 6.45) is 11.4. The molecule has 1 nitrogen and oxygen atoms in total. The van der Waals surface area contributed by atoms with E-state index in [-0.39, 0.29) is 0 Å². The standard InChI is InChI=1S/C11H19N/c1-3-5-10-6-7-11(9-10)12-8-4-2/h1,10-12H,4-9H2,2H3. The minimum absolute atomic E-state index is 0.753. The van der Waals surface area contributed by atoms with Gasteiger partial charge < -0.3 is 5.32 Å². The second-order valence-corrected chi connectivity index (χ2v) is 3.74. The molecule has 0 heterocycles. The third kappa shape index (κ3) is 2.87. The molecule has 1 aliphatic rings. The highest BCUT2D eigenvalue weighted by Crippen LogP contribution is 2.27. The Morgan fingerprint density at radius 1 is 1.50 bits per heavy atom. The van der Waals surface area contributed by atoms with Gasteiger partial charge in [0.25, 0.3) is 0 Å². The van der Waals surface area contributed by atoms with Crippen LogP contribution in [-0.4, -0.2) is 12.6 Å². The van der Waals surface area contributed by atoms with Crippen LogP contribution >= 0.6 is 0 Å². The van der Waals surface area contributed by atoms with Crippen molar-refractivity contribution in [1.82, 2.24) is 5.32 Å². The van der Waals surface area contributed by atoms with Crippen LogP contribution in [0.3, 0.4) is 0 Å². The van der Waals surface area contributed by atoms with Gasteiger partial charge in [-0.1, -0.05) is 6.92 Å². The summed E-state index contributed by atoms with van der Waals surface area (Å²) in [6, 6.07) is 0.753. The molecule has 0 aromatic heterocycles. The first-order valence-corrected chi connectivity index (χ1v) is 5.03. The molecule has 0 amide bonds. The summed E-state index contributed by atoms with van der Waals surface area (Å²) >= 11 is 0. The Morgan fingerprint density at radius 3 is 3.00 bits per heavy atom. The first kappa shape index (κ1) is 9.61. The normalized spacial score (nSPS) is 28.7. The second kappa shape index (κ2) is 5.22. The molecule has 0 radical (unpaired) electrons. The number of rotatable bonds is 4. The van der Waals surface area contributed by atoms with Gasteiger partial charge in [0.2, 0.25) is 0 Å². The number of nitrogens with one attached hydrogen (secondary N) is 1. The number of hydrogen-bond donors (Lipinski definition) is 1. The molecule has 2 atom stereocenters. The zero-order chi connectivity index (χ0) is 8.81. The lowest BCUT2D eigenvalue weighted by Crippen LogP contribution is -2.26. The van der Waals surface area contributed by atoms with Crippen molar-refractivity contribution in [2.45, 2.75) is 45.1 Å². The summed E-state index contributed by atoms with van der Waals surface area (Å²) in [5, 5.41) is 3.55. The van der Waals surface area contributed by atoms with Crippen LogP contribution < -0.4 is 5.32 Å². The van der Waals surface area contributed by atoms with Crippen LogP contribution in [-0.2, 0) is 0 Å². The van der Waals surface area contributed by atoms with Crippen LogP contribution in [0.2, 0.25) is 0 Å². The molecule has 1 saturated carbocycles. The van der Waals surface area contributed by atoms with Gasteiger partial charge in [0.1, 0.15) is 0 Å². The maximum absolute atomic E-state index is 5.28. The van der Waals surface area contributed by atoms with E-state index >= 15 is 0 Å². The summed E-state index contributed by atoms with van der Waals surface area (Å²) in [5.41, 5.74) is 0. The van der Waals surface area contributed by atoms with Gasteiger partial charge in [-0.05, 0) is 38.1 Å². The maximum Gasteiger partial charge on any atom is 0.0115 e. The fourth-order valence-corrected chi connectivity index (χ4v) is 1.96. The first-order chi connectivity index (χ1) is 5.86.